The molecule has 0 saturated heterocycles. The number of nitrogens with two attached hydrogens (primary N) is 1. The zero-order chi connectivity index (χ0) is 19.3. The number of benzene rings is 1. The summed E-state index contributed by atoms with van der Waals surface area (Å²) in [4.78, 5) is 16.4. The number of fused-ring (bicyclic) bond motifs is 1. The summed E-state index contributed by atoms with van der Waals surface area (Å²) in [5.74, 6) is 1.02. The molecule has 0 spiro atoms. The quantitative estimate of drug-likeness (QED) is 0.746. The van der Waals surface area contributed by atoms with Crippen LogP contribution in [0, 0.1) is 5.92 Å². The molecule has 2 aromatic heterocycles. The molecule has 4 rings (SSSR count). The fourth-order valence-corrected chi connectivity index (χ4v) is 3.52. The molecule has 140 valence electrons. The van der Waals surface area contributed by atoms with Crippen LogP contribution in [0.15, 0.2) is 42.6 Å². The second-order valence-electron chi connectivity index (χ2n) is 7.13. The van der Waals surface area contributed by atoms with Gasteiger partial charge in [0.25, 0.3) is 5.91 Å². The van der Waals surface area contributed by atoms with Gasteiger partial charge in [0.1, 0.15) is 5.82 Å². The van der Waals surface area contributed by atoms with Gasteiger partial charge >= 0.3 is 6.18 Å². The lowest BCUT2D eigenvalue weighted by Gasteiger charge is -2.09. The number of hydrogen-bond acceptors (Lipinski definition) is 2. The van der Waals surface area contributed by atoms with Gasteiger partial charge in [-0.05, 0) is 48.1 Å². The smallest absolute Gasteiger partial charge is 0.364 e. The molecule has 4 nitrogen and oxygen atoms in total. The Morgan fingerprint density at radius 3 is 2.48 bits per heavy atom. The van der Waals surface area contributed by atoms with Crippen molar-refractivity contribution in [3.05, 3.63) is 70.8 Å². The monoisotopic (exact) mass is 373 g/mol. The van der Waals surface area contributed by atoms with E-state index in [0.29, 0.717) is 29.3 Å². The maximum absolute atomic E-state index is 12.7. The van der Waals surface area contributed by atoms with E-state index in [-0.39, 0.29) is 5.69 Å². The Hall–Kier alpha value is -2.83. The Kier molecular flexibility index (Phi) is 3.98. The van der Waals surface area contributed by atoms with Gasteiger partial charge in [0.2, 0.25) is 0 Å². The summed E-state index contributed by atoms with van der Waals surface area (Å²) in [5.41, 5.74) is 7.23. The summed E-state index contributed by atoms with van der Waals surface area (Å²) in [6, 6.07) is 8.75. The highest BCUT2D eigenvalue weighted by Crippen LogP contribution is 2.46. The minimum atomic E-state index is -4.36. The van der Waals surface area contributed by atoms with Crippen LogP contribution in [0.3, 0.4) is 0 Å². The van der Waals surface area contributed by atoms with E-state index in [1.807, 2.05) is 22.7 Å². The normalized spacial score (nSPS) is 19.4. The first-order chi connectivity index (χ1) is 12.8. The number of amides is 1. The van der Waals surface area contributed by atoms with Gasteiger partial charge in [-0.15, -0.1) is 0 Å². The summed E-state index contributed by atoms with van der Waals surface area (Å²) in [6.07, 6.45) is -1.11. The summed E-state index contributed by atoms with van der Waals surface area (Å²) in [5, 5.41) is 0. The number of aromatic nitrogens is 2. The highest BCUT2D eigenvalue weighted by molar-refractivity contribution is 5.99. The molecule has 27 heavy (non-hydrogen) atoms. The SMILES string of the molecule is CC1C[C@H]1c1nc(C(N)=O)c2c(Cc3ccc(C(F)(F)F)cc3)cccn12. The standard InChI is InChI=1S/C20H18F3N3O/c1-11-9-15(11)19-25-16(18(24)27)17-13(3-2-8-26(17)19)10-12-4-6-14(7-5-12)20(21,22)23/h2-8,11,15H,9-10H2,1H3,(H2,24,27)/t11?,15-/m1/s1. The Morgan fingerprint density at radius 2 is 1.93 bits per heavy atom. The molecule has 1 fully saturated rings. The summed E-state index contributed by atoms with van der Waals surface area (Å²) < 4.78 is 40.1. The molecule has 1 aliphatic carbocycles. The average Bonchev–Trinajstić information content (AvgIpc) is 3.19. The Morgan fingerprint density at radius 1 is 1.26 bits per heavy atom. The second kappa shape index (κ2) is 6.11. The number of halogens is 3. The predicted octanol–water partition coefficient (Wildman–Crippen LogP) is 4.17. The maximum Gasteiger partial charge on any atom is 0.416 e. The number of imidazole rings is 1. The van der Waals surface area contributed by atoms with Crippen molar-refractivity contribution >= 4 is 11.4 Å². The molecule has 0 radical (unpaired) electrons. The van der Waals surface area contributed by atoms with Gasteiger partial charge in [-0.3, -0.25) is 4.79 Å². The van der Waals surface area contributed by atoms with Crippen molar-refractivity contribution in [2.24, 2.45) is 11.7 Å². The number of alkyl halides is 3. The molecule has 3 aromatic rings. The molecule has 1 aromatic carbocycles. The molecule has 1 unspecified atom stereocenters. The van der Waals surface area contributed by atoms with E-state index in [0.717, 1.165) is 29.9 Å². The van der Waals surface area contributed by atoms with Crippen molar-refractivity contribution in [3.63, 3.8) is 0 Å². The first-order valence-corrected chi connectivity index (χ1v) is 8.71. The molecule has 2 atom stereocenters. The number of carbonyl (C=O) groups excluding carboxylic acids is 1. The van der Waals surface area contributed by atoms with E-state index < -0.39 is 17.6 Å². The minimum Gasteiger partial charge on any atom is -0.364 e. The number of nitrogens with zero attached hydrogens (tertiary/aromatic N) is 2. The van der Waals surface area contributed by atoms with Crippen molar-refractivity contribution in [1.29, 1.82) is 0 Å². The van der Waals surface area contributed by atoms with E-state index in [9.17, 15) is 18.0 Å². The topological polar surface area (TPSA) is 60.4 Å². The minimum absolute atomic E-state index is 0.214. The fourth-order valence-electron chi connectivity index (χ4n) is 3.52. The Balaban J connectivity index is 1.76. The van der Waals surface area contributed by atoms with Crippen molar-refractivity contribution < 1.29 is 18.0 Å². The number of hydrogen-bond donors (Lipinski definition) is 1. The van der Waals surface area contributed by atoms with Gasteiger partial charge in [0, 0.05) is 12.1 Å². The molecule has 0 bridgehead atoms. The molecule has 1 aliphatic rings. The molecule has 1 saturated carbocycles. The van der Waals surface area contributed by atoms with Gasteiger partial charge in [-0.25, -0.2) is 4.98 Å². The summed E-state index contributed by atoms with van der Waals surface area (Å²) >= 11 is 0. The van der Waals surface area contributed by atoms with Crippen molar-refractivity contribution in [2.45, 2.75) is 31.9 Å². The summed E-state index contributed by atoms with van der Waals surface area (Å²) in [7, 11) is 0. The molecule has 2 heterocycles. The number of carbonyl (C=O) groups is 1. The van der Waals surface area contributed by atoms with Gasteiger partial charge in [-0.1, -0.05) is 25.1 Å². The maximum atomic E-state index is 12.7. The molecule has 7 heteroatoms. The van der Waals surface area contributed by atoms with Crippen LogP contribution in [0.4, 0.5) is 13.2 Å². The van der Waals surface area contributed by atoms with Crippen molar-refractivity contribution in [1.82, 2.24) is 9.38 Å². The Bertz CT molecular complexity index is 1020. The van der Waals surface area contributed by atoms with E-state index in [1.165, 1.54) is 12.1 Å². The third-order valence-electron chi connectivity index (χ3n) is 5.13. The lowest BCUT2D eigenvalue weighted by Crippen LogP contribution is -2.12. The van der Waals surface area contributed by atoms with E-state index in [2.05, 4.69) is 11.9 Å². The first-order valence-electron chi connectivity index (χ1n) is 8.71. The van der Waals surface area contributed by atoms with Crippen molar-refractivity contribution in [2.75, 3.05) is 0 Å². The van der Waals surface area contributed by atoms with Crippen LogP contribution in [-0.2, 0) is 12.6 Å². The van der Waals surface area contributed by atoms with Crippen LogP contribution in [0.2, 0.25) is 0 Å². The molecule has 0 aliphatic heterocycles. The van der Waals surface area contributed by atoms with Gasteiger partial charge in [-0.2, -0.15) is 13.2 Å². The third-order valence-corrected chi connectivity index (χ3v) is 5.13. The van der Waals surface area contributed by atoms with E-state index in [1.54, 1.807) is 0 Å². The second-order valence-corrected chi connectivity index (χ2v) is 7.13. The number of rotatable bonds is 4. The Labute approximate surface area is 153 Å². The third kappa shape index (κ3) is 3.18. The zero-order valence-electron chi connectivity index (χ0n) is 14.6. The van der Waals surface area contributed by atoms with Crippen molar-refractivity contribution in [3.8, 4) is 0 Å². The van der Waals surface area contributed by atoms with Crippen LogP contribution >= 0.6 is 0 Å². The largest absolute Gasteiger partial charge is 0.416 e. The van der Waals surface area contributed by atoms with Crippen LogP contribution in [0.25, 0.3) is 5.52 Å². The lowest BCUT2D eigenvalue weighted by atomic mass is 10.0. The van der Waals surface area contributed by atoms with E-state index >= 15 is 0 Å². The van der Waals surface area contributed by atoms with Crippen LogP contribution in [0.1, 0.15) is 52.3 Å². The number of primary amides is 1. The van der Waals surface area contributed by atoms with Crippen LogP contribution in [0.5, 0.6) is 0 Å². The molecular formula is C20H18F3N3O. The van der Waals surface area contributed by atoms with Crippen LogP contribution in [-0.4, -0.2) is 15.3 Å². The van der Waals surface area contributed by atoms with Gasteiger partial charge in [0.15, 0.2) is 5.69 Å². The van der Waals surface area contributed by atoms with Gasteiger partial charge < -0.3 is 10.1 Å². The van der Waals surface area contributed by atoms with E-state index in [4.69, 9.17) is 5.73 Å². The molecule has 2 N–H and O–H groups in total. The lowest BCUT2D eigenvalue weighted by molar-refractivity contribution is -0.137. The fraction of sp³-hybridized carbons (Fsp3) is 0.300. The predicted molar refractivity (Wildman–Crippen MR) is 94.5 cm³/mol. The number of pyridine rings is 1. The molecular weight excluding hydrogens is 355 g/mol. The molecule has 1 amide bonds. The first kappa shape index (κ1) is 17.6. The highest BCUT2D eigenvalue weighted by atomic mass is 19.4. The highest BCUT2D eigenvalue weighted by Gasteiger charge is 2.38. The van der Waals surface area contributed by atoms with Crippen LogP contribution < -0.4 is 5.73 Å². The summed E-state index contributed by atoms with van der Waals surface area (Å²) in [6.45, 7) is 2.13. The average molecular weight is 373 g/mol. The zero-order valence-corrected chi connectivity index (χ0v) is 14.6. The van der Waals surface area contributed by atoms with Gasteiger partial charge in [0.05, 0.1) is 11.1 Å².